The van der Waals surface area contributed by atoms with Gasteiger partial charge < -0.3 is 30.3 Å². The molecule has 172 valence electrons. The molecule has 1 aliphatic rings. The van der Waals surface area contributed by atoms with Gasteiger partial charge >= 0.3 is 12.1 Å². The molecular weight excluding hydrogens is 432 g/mol. The van der Waals surface area contributed by atoms with Crippen LogP contribution in [0.1, 0.15) is 31.0 Å². The highest BCUT2D eigenvalue weighted by atomic mass is 35.5. The second-order valence-electron chi connectivity index (χ2n) is 7.81. The third kappa shape index (κ3) is 5.56. The second kappa shape index (κ2) is 10.5. The van der Waals surface area contributed by atoms with E-state index < -0.39 is 0 Å². The van der Waals surface area contributed by atoms with Crippen molar-refractivity contribution in [3.8, 4) is 11.5 Å². The number of hydrogen-bond acceptors (Lipinski definition) is 4. The van der Waals surface area contributed by atoms with Gasteiger partial charge in [0.2, 0.25) is 0 Å². The van der Waals surface area contributed by atoms with Crippen LogP contribution in [0.4, 0.5) is 15.3 Å². The van der Waals surface area contributed by atoms with E-state index in [2.05, 4.69) is 16.0 Å². The van der Waals surface area contributed by atoms with Gasteiger partial charge in [0.15, 0.2) is 11.5 Å². The van der Waals surface area contributed by atoms with Crippen LogP contribution >= 0.6 is 11.6 Å². The molecule has 3 N–H and O–H groups in total. The van der Waals surface area contributed by atoms with Crippen LogP contribution in [0.25, 0.3) is 0 Å². The largest absolute Gasteiger partial charge is 0.493 e. The molecule has 0 saturated heterocycles. The Balaban J connectivity index is 1.88. The summed E-state index contributed by atoms with van der Waals surface area (Å²) in [5, 5.41) is 9.20. The molecule has 0 fully saturated rings. The van der Waals surface area contributed by atoms with Crippen molar-refractivity contribution < 1.29 is 19.1 Å². The molecule has 1 atom stereocenters. The number of ether oxygens (including phenoxy) is 2. The van der Waals surface area contributed by atoms with Gasteiger partial charge in [-0.3, -0.25) is 0 Å². The number of nitrogens with one attached hydrogen (secondary N) is 3. The Hall–Kier alpha value is -3.13. The highest BCUT2D eigenvalue weighted by Gasteiger charge is 2.32. The molecular formula is C23H29ClN4O4. The Bertz CT molecular complexity index is 965. The van der Waals surface area contributed by atoms with Crippen LogP contribution < -0.4 is 25.4 Å². The number of carbonyl (C=O) groups excluding carboxylic acids is 2. The molecule has 0 saturated carbocycles. The Morgan fingerprint density at radius 2 is 1.78 bits per heavy atom. The summed E-state index contributed by atoms with van der Waals surface area (Å²) < 4.78 is 10.9. The maximum absolute atomic E-state index is 13.2. The van der Waals surface area contributed by atoms with Gasteiger partial charge in [0.25, 0.3) is 0 Å². The van der Waals surface area contributed by atoms with Crippen molar-refractivity contribution in [3.05, 3.63) is 52.5 Å². The van der Waals surface area contributed by atoms with E-state index in [1.54, 1.807) is 43.4 Å². The van der Waals surface area contributed by atoms with Crippen molar-refractivity contribution in [2.45, 2.75) is 32.4 Å². The molecule has 0 spiro atoms. The third-order valence-electron chi connectivity index (χ3n) is 5.23. The fourth-order valence-corrected chi connectivity index (χ4v) is 3.85. The minimum absolute atomic E-state index is 0.00213. The average molecular weight is 461 g/mol. The van der Waals surface area contributed by atoms with Gasteiger partial charge in [-0.2, -0.15) is 0 Å². The minimum atomic E-state index is -0.385. The molecule has 0 aromatic heterocycles. The highest BCUT2D eigenvalue weighted by molar-refractivity contribution is 6.30. The van der Waals surface area contributed by atoms with E-state index in [4.69, 9.17) is 21.1 Å². The topological polar surface area (TPSA) is 91.9 Å². The van der Waals surface area contributed by atoms with Crippen LogP contribution in [-0.4, -0.2) is 50.3 Å². The standard InChI is InChI=1S/C23H29ClN4O4/c1-14(2)26-22(29)25-13-19-18-12-21(32-4)20(31-3)11-15(18)9-10-28(19)23(30)27-17-7-5-16(24)6-8-17/h5-8,11-12,14,19H,9-10,13H2,1-4H3,(H,27,30)(H2,25,26,29)/t19-/m0/s1. The van der Waals surface area contributed by atoms with Crippen molar-refractivity contribution in [3.63, 3.8) is 0 Å². The Morgan fingerprint density at radius 1 is 1.12 bits per heavy atom. The molecule has 9 heteroatoms. The molecule has 0 aliphatic carbocycles. The van der Waals surface area contributed by atoms with Gasteiger partial charge in [-0.05, 0) is 67.8 Å². The molecule has 0 unspecified atom stereocenters. The number of amides is 4. The summed E-state index contributed by atoms with van der Waals surface area (Å²) in [5.41, 5.74) is 2.60. The molecule has 1 aliphatic heterocycles. The monoisotopic (exact) mass is 460 g/mol. The third-order valence-corrected chi connectivity index (χ3v) is 5.49. The fourth-order valence-electron chi connectivity index (χ4n) is 3.72. The van der Waals surface area contributed by atoms with Crippen molar-refractivity contribution in [2.24, 2.45) is 0 Å². The lowest BCUT2D eigenvalue weighted by molar-refractivity contribution is 0.179. The quantitative estimate of drug-likeness (QED) is 0.602. The molecule has 3 rings (SSSR count). The van der Waals surface area contributed by atoms with Crippen molar-refractivity contribution in [1.29, 1.82) is 0 Å². The Kier molecular flexibility index (Phi) is 7.69. The maximum atomic E-state index is 13.2. The summed E-state index contributed by atoms with van der Waals surface area (Å²) in [6, 6.07) is 9.81. The normalized spacial score (nSPS) is 15.1. The smallest absolute Gasteiger partial charge is 0.322 e. The van der Waals surface area contributed by atoms with Gasteiger partial charge in [-0.15, -0.1) is 0 Å². The zero-order valence-corrected chi connectivity index (χ0v) is 19.5. The average Bonchev–Trinajstić information content (AvgIpc) is 2.77. The number of carbonyl (C=O) groups is 2. The van der Waals surface area contributed by atoms with Crippen LogP contribution in [0, 0.1) is 0 Å². The van der Waals surface area contributed by atoms with E-state index in [0.717, 1.165) is 11.1 Å². The molecule has 8 nitrogen and oxygen atoms in total. The number of nitrogens with zero attached hydrogens (tertiary/aromatic N) is 1. The molecule has 0 radical (unpaired) electrons. The van der Waals surface area contributed by atoms with Crippen LogP contribution in [0.15, 0.2) is 36.4 Å². The number of urea groups is 2. The number of methoxy groups -OCH3 is 2. The second-order valence-corrected chi connectivity index (χ2v) is 8.25. The van der Waals surface area contributed by atoms with Crippen molar-refractivity contribution in [2.75, 3.05) is 32.6 Å². The molecule has 2 aromatic carbocycles. The zero-order valence-electron chi connectivity index (χ0n) is 18.7. The van der Waals surface area contributed by atoms with Crippen LogP contribution in [-0.2, 0) is 6.42 Å². The maximum Gasteiger partial charge on any atom is 0.322 e. The van der Waals surface area contributed by atoms with Crippen LogP contribution in [0.3, 0.4) is 0 Å². The zero-order chi connectivity index (χ0) is 23.3. The molecule has 32 heavy (non-hydrogen) atoms. The first-order valence-corrected chi connectivity index (χ1v) is 10.8. The van der Waals surface area contributed by atoms with Crippen LogP contribution in [0.5, 0.6) is 11.5 Å². The summed E-state index contributed by atoms with van der Waals surface area (Å²) in [7, 11) is 3.16. The van der Waals surface area contributed by atoms with Crippen molar-refractivity contribution >= 4 is 29.4 Å². The van der Waals surface area contributed by atoms with Gasteiger partial charge in [-0.1, -0.05) is 11.6 Å². The SMILES string of the molecule is COc1cc2c(cc1OC)[C@H](CNC(=O)NC(C)C)N(C(=O)Nc1ccc(Cl)cc1)CC2. The lowest BCUT2D eigenvalue weighted by Gasteiger charge is -2.38. The first kappa shape index (κ1) is 23.5. The summed E-state index contributed by atoms with van der Waals surface area (Å²) in [5.74, 6) is 1.21. The predicted octanol–water partition coefficient (Wildman–Crippen LogP) is 4.20. The summed E-state index contributed by atoms with van der Waals surface area (Å²) >= 11 is 5.95. The first-order chi connectivity index (χ1) is 15.3. The van der Waals surface area contributed by atoms with E-state index >= 15 is 0 Å². The lowest BCUT2D eigenvalue weighted by Crippen LogP contribution is -2.49. The Morgan fingerprint density at radius 3 is 2.41 bits per heavy atom. The number of halogens is 1. The van der Waals surface area contributed by atoms with E-state index in [-0.39, 0.29) is 30.7 Å². The number of fused-ring (bicyclic) bond motifs is 1. The lowest BCUT2D eigenvalue weighted by atomic mass is 9.92. The van der Waals surface area contributed by atoms with Crippen molar-refractivity contribution in [1.82, 2.24) is 15.5 Å². The number of anilines is 1. The minimum Gasteiger partial charge on any atom is -0.493 e. The van der Waals surface area contributed by atoms with Gasteiger partial charge in [0.1, 0.15) is 0 Å². The molecule has 0 bridgehead atoms. The van der Waals surface area contributed by atoms with Gasteiger partial charge in [0.05, 0.1) is 20.3 Å². The predicted molar refractivity (Wildman–Crippen MR) is 125 cm³/mol. The van der Waals surface area contributed by atoms with E-state index in [9.17, 15) is 9.59 Å². The number of benzene rings is 2. The van der Waals surface area contributed by atoms with E-state index in [0.29, 0.717) is 35.2 Å². The number of rotatable bonds is 6. The van der Waals surface area contributed by atoms with E-state index in [1.165, 1.54) is 0 Å². The van der Waals surface area contributed by atoms with Crippen LogP contribution in [0.2, 0.25) is 5.02 Å². The summed E-state index contributed by atoms with van der Waals surface area (Å²) in [6.45, 7) is 4.51. The Labute approximate surface area is 193 Å². The van der Waals surface area contributed by atoms with Gasteiger partial charge in [0, 0.05) is 29.8 Å². The molecule has 2 aromatic rings. The van der Waals surface area contributed by atoms with Gasteiger partial charge in [-0.25, -0.2) is 9.59 Å². The highest BCUT2D eigenvalue weighted by Crippen LogP contribution is 2.38. The first-order valence-electron chi connectivity index (χ1n) is 10.4. The molecule has 4 amide bonds. The summed E-state index contributed by atoms with van der Waals surface area (Å²) in [4.78, 5) is 27.1. The molecule has 1 heterocycles. The number of hydrogen-bond donors (Lipinski definition) is 3. The van der Waals surface area contributed by atoms with E-state index in [1.807, 2.05) is 26.0 Å². The fraction of sp³-hybridized carbons (Fsp3) is 0.391. The summed E-state index contributed by atoms with van der Waals surface area (Å²) in [6.07, 6.45) is 0.651.